The second-order valence-corrected chi connectivity index (χ2v) is 4.54. The minimum atomic E-state index is 0.825. The maximum atomic E-state index is 3.32. The average molecular weight is 168 g/mol. The van der Waals surface area contributed by atoms with Gasteiger partial charge in [-0.3, -0.25) is 0 Å². The van der Waals surface area contributed by atoms with Gasteiger partial charge < -0.3 is 10.2 Å². The predicted octanol–water partition coefficient (Wildman–Crippen LogP) is 0.936. The van der Waals surface area contributed by atoms with Gasteiger partial charge in [-0.05, 0) is 38.6 Å². The molecule has 1 aliphatic heterocycles. The quantitative estimate of drug-likeness (QED) is 0.672. The van der Waals surface area contributed by atoms with Crippen molar-refractivity contribution in [2.75, 3.05) is 26.7 Å². The molecule has 70 valence electrons. The van der Waals surface area contributed by atoms with E-state index in [1.807, 2.05) is 0 Å². The van der Waals surface area contributed by atoms with Crippen LogP contribution in [0.3, 0.4) is 0 Å². The lowest BCUT2D eigenvalue weighted by molar-refractivity contribution is 0.170. The number of rotatable bonds is 4. The minimum absolute atomic E-state index is 0.825. The highest BCUT2D eigenvalue weighted by molar-refractivity contribution is 4.86. The average Bonchev–Trinajstić information content (AvgIpc) is 2.77. The van der Waals surface area contributed by atoms with Gasteiger partial charge in [0.05, 0.1) is 0 Å². The first-order valence-corrected chi connectivity index (χ1v) is 5.18. The molecule has 1 heterocycles. The van der Waals surface area contributed by atoms with Crippen LogP contribution in [0.15, 0.2) is 0 Å². The smallest absolute Gasteiger partial charge is 0.00922 e. The van der Waals surface area contributed by atoms with Gasteiger partial charge in [0.2, 0.25) is 0 Å². The van der Waals surface area contributed by atoms with Gasteiger partial charge in [-0.1, -0.05) is 0 Å². The Labute approximate surface area is 75.3 Å². The van der Waals surface area contributed by atoms with Gasteiger partial charge in [0.15, 0.2) is 0 Å². The Balaban J connectivity index is 1.70. The molecule has 0 amide bonds. The minimum Gasteiger partial charge on any atom is -0.316 e. The maximum Gasteiger partial charge on any atom is 0.00922 e. The molecule has 1 unspecified atom stereocenters. The summed E-state index contributed by atoms with van der Waals surface area (Å²) in [6, 6.07) is 0.825. The van der Waals surface area contributed by atoms with Crippen LogP contribution in [-0.4, -0.2) is 37.6 Å². The normalized spacial score (nSPS) is 27.2. The SMILES string of the molecule is CC(C1CC1)N(C)CC1CNC1. The van der Waals surface area contributed by atoms with Crippen molar-refractivity contribution in [1.82, 2.24) is 10.2 Å². The fraction of sp³-hybridized carbons (Fsp3) is 1.00. The van der Waals surface area contributed by atoms with Crippen molar-refractivity contribution < 1.29 is 0 Å². The Bertz CT molecular complexity index is 150. The van der Waals surface area contributed by atoms with E-state index in [1.165, 1.54) is 32.5 Å². The molecule has 2 aliphatic rings. The molecule has 0 aromatic rings. The van der Waals surface area contributed by atoms with Crippen LogP contribution in [0.25, 0.3) is 0 Å². The summed E-state index contributed by atoms with van der Waals surface area (Å²) in [5.74, 6) is 1.94. The van der Waals surface area contributed by atoms with Gasteiger partial charge in [0.25, 0.3) is 0 Å². The Hall–Kier alpha value is -0.0800. The molecule has 1 aliphatic carbocycles. The van der Waals surface area contributed by atoms with Crippen molar-refractivity contribution in [3.63, 3.8) is 0 Å². The van der Waals surface area contributed by atoms with Crippen LogP contribution in [0.2, 0.25) is 0 Å². The Morgan fingerprint density at radius 3 is 2.50 bits per heavy atom. The number of hydrogen-bond donors (Lipinski definition) is 1. The molecule has 1 N–H and O–H groups in total. The molecule has 0 radical (unpaired) electrons. The predicted molar refractivity (Wildman–Crippen MR) is 51.2 cm³/mol. The van der Waals surface area contributed by atoms with Gasteiger partial charge in [0.1, 0.15) is 0 Å². The molecule has 2 rings (SSSR count). The number of hydrogen-bond acceptors (Lipinski definition) is 2. The number of nitrogens with one attached hydrogen (secondary N) is 1. The molecule has 0 bridgehead atoms. The highest BCUT2D eigenvalue weighted by Gasteiger charge is 2.31. The summed E-state index contributed by atoms with van der Waals surface area (Å²) < 4.78 is 0. The summed E-state index contributed by atoms with van der Waals surface area (Å²) in [6.45, 7) is 6.15. The van der Waals surface area contributed by atoms with E-state index in [4.69, 9.17) is 0 Å². The Morgan fingerprint density at radius 2 is 2.08 bits per heavy atom. The molecule has 2 fully saturated rings. The third-order valence-corrected chi connectivity index (χ3v) is 3.41. The molecular weight excluding hydrogens is 148 g/mol. The summed E-state index contributed by atoms with van der Waals surface area (Å²) in [7, 11) is 2.28. The van der Waals surface area contributed by atoms with E-state index >= 15 is 0 Å². The van der Waals surface area contributed by atoms with E-state index in [2.05, 4.69) is 24.2 Å². The van der Waals surface area contributed by atoms with E-state index in [9.17, 15) is 0 Å². The summed E-state index contributed by atoms with van der Waals surface area (Å²) in [5, 5.41) is 3.32. The van der Waals surface area contributed by atoms with E-state index in [-0.39, 0.29) is 0 Å². The molecule has 0 spiro atoms. The summed E-state index contributed by atoms with van der Waals surface area (Å²) in [5.41, 5.74) is 0. The van der Waals surface area contributed by atoms with Gasteiger partial charge in [-0.15, -0.1) is 0 Å². The highest BCUT2D eigenvalue weighted by atomic mass is 15.1. The maximum absolute atomic E-state index is 3.32. The molecule has 1 saturated carbocycles. The van der Waals surface area contributed by atoms with E-state index in [0.717, 1.165) is 17.9 Å². The van der Waals surface area contributed by atoms with Crippen LogP contribution in [0.1, 0.15) is 19.8 Å². The fourth-order valence-electron chi connectivity index (χ4n) is 1.99. The fourth-order valence-corrected chi connectivity index (χ4v) is 1.99. The molecule has 12 heavy (non-hydrogen) atoms. The summed E-state index contributed by atoms with van der Waals surface area (Å²) in [4.78, 5) is 2.54. The second-order valence-electron chi connectivity index (χ2n) is 4.54. The highest BCUT2D eigenvalue weighted by Crippen LogP contribution is 2.34. The summed E-state index contributed by atoms with van der Waals surface area (Å²) in [6.07, 6.45) is 2.93. The molecule has 1 atom stereocenters. The van der Waals surface area contributed by atoms with E-state index < -0.39 is 0 Å². The third-order valence-electron chi connectivity index (χ3n) is 3.41. The lowest BCUT2D eigenvalue weighted by Crippen LogP contribution is -2.49. The van der Waals surface area contributed by atoms with E-state index in [1.54, 1.807) is 0 Å². The molecule has 0 aromatic heterocycles. The molecule has 2 nitrogen and oxygen atoms in total. The lowest BCUT2D eigenvalue weighted by Gasteiger charge is -2.34. The first kappa shape index (κ1) is 8.52. The van der Waals surface area contributed by atoms with Gasteiger partial charge in [-0.2, -0.15) is 0 Å². The Morgan fingerprint density at radius 1 is 1.42 bits per heavy atom. The van der Waals surface area contributed by atoms with Crippen molar-refractivity contribution in [2.24, 2.45) is 11.8 Å². The zero-order valence-electron chi connectivity index (χ0n) is 8.21. The van der Waals surface area contributed by atoms with Crippen molar-refractivity contribution in [1.29, 1.82) is 0 Å². The monoisotopic (exact) mass is 168 g/mol. The summed E-state index contributed by atoms with van der Waals surface area (Å²) >= 11 is 0. The van der Waals surface area contributed by atoms with Gasteiger partial charge >= 0.3 is 0 Å². The van der Waals surface area contributed by atoms with Crippen LogP contribution in [-0.2, 0) is 0 Å². The Kier molecular flexibility index (Phi) is 2.37. The van der Waals surface area contributed by atoms with Crippen molar-refractivity contribution in [3.8, 4) is 0 Å². The largest absolute Gasteiger partial charge is 0.316 e. The molecule has 0 aromatic carbocycles. The first-order valence-electron chi connectivity index (χ1n) is 5.18. The van der Waals surface area contributed by atoms with Crippen molar-refractivity contribution in [3.05, 3.63) is 0 Å². The first-order chi connectivity index (χ1) is 5.77. The standard InChI is InChI=1S/C10H20N2/c1-8(10-3-4-10)12(2)7-9-5-11-6-9/h8-11H,3-7H2,1-2H3. The van der Waals surface area contributed by atoms with E-state index in [0.29, 0.717) is 0 Å². The zero-order valence-corrected chi connectivity index (χ0v) is 8.21. The third kappa shape index (κ3) is 1.80. The van der Waals surface area contributed by atoms with Crippen LogP contribution < -0.4 is 5.32 Å². The molecule has 2 heteroatoms. The van der Waals surface area contributed by atoms with Crippen molar-refractivity contribution >= 4 is 0 Å². The van der Waals surface area contributed by atoms with Crippen LogP contribution >= 0.6 is 0 Å². The second kappa shape index (κ2) is 3.35. The van der Waals surface area contributed by atoms with Crippen LogP contribution in [0.5, 0.6) is 0 Å². The molecule has 1 saturated heterocycles. The van der Waals surface area contributed by atoms with Gasteiger partial charge in [0, 0.05) is 25.7 Å². The van der Waals surface area contributed by atoms with Crippen molar-refractivity contribution in [2.45, 2.75) is 25.8 Å². The number of nitrogens with zero attached hydrogens (tertiary/aromatic N) is 1. The molecular formula is C10H20N2. The zero-order chi connectivity index (χ0) is 8.55. The topological polar surface area (TPSA) is 15.3 Å². The van der Waals surface area contributed by atoms with Gasteiger partial charge in [-0.25, -0.2) is 0 Å². The van der Waals surface area contributed by atoms with Crippen LogP contribution in [0.4, 0.5) is 0 Å². The lowest BCUT2D eigenvalue weighted by atomic mass is 10.0. The van der Waals surface area contributed by atoms with Crippen LogP contribution in [0, 0.1) is 11.8 Å².